The Morgan fingerprint density at radius 1 is 1.50 bits per heavy atom. The number of esters is 1. The highest BCUT2D eigenvalue weighted by Crippen LogP contribution is 2.20. The molecule has 0 saturated heterocycles. The summed E-state index contributed by atoms with van der Waals surface area (Å²) < 4.78 is 17.8. The van der Waals surface area contributed by atoms with Crippen molar-refractivity contribution in [3.05, 3.63) is 40.7 Å². The number of ether oxygens (including phenoxy) is 1. The van der Waals surface area contributed by atoms with Crippen LogP contribution in [0.5, 0.6) is 0 Å². The summed E-state index contributed by atoms with van der Waals surface area (Å²) >= 11 is 6.11. The fourth-order valence-electron chi connectivity index (χ4n) is 1.70. The molecule has 0 aliphatic rings. The Balaban J connectivity index is 2.35. The van der Waals surface area contributed by atoms with E-state index in [4.69, 9.17) is 11.6 Å². The van der Waals surface area contributed by atoms with Gasteiger partial charge in [0.05, 0.1) is 30.0 Å². The maximum atomic E-state index is 11.5. The van der Waals surface area contributed by atoms with Crippen LogP contribution in [-0.4, -0.2) is 38.3 Å². The third-order valence-electron chi connectivity index (χ3n) is 2.64. The Labute approximate surface area is 123 Å². The Hall–Kier alpha value is -1.73. The fourth-order valence-corrected chi connectivity index (χ4v) is 2.48. The van der Waals surface area contributed by atoms with Crippen molar-refractivity contribution in [2.75, 3.05) is 13.4 Å². The summed E-state index contributed by atoms with van der Waals surface area (Å²) in [4.78, 5) is 11.5. The number of rotatable bonds is 4. The molecule has 0 bridgehead atoms. The number of benzene rings is 1. The molecule has 0 spiro atoms. The summed E-state index contributed by atoms with van der Waals surface area (Å²) in [5.41, 5.74) is 1.10. The standard InChI is InChI=1S/C12H12ClN3O3S/c1-19-11(17)8-3-4-10(13)9(5-8)6-16-7-14-15-12(16)20(2)18/h3-5,7H,6H2,1-2H3/t20-/m1/s1. The summed E-state index contributed by atoms with van der Waals surface area (Å²) in [6.45, 7) is 0.325. The van der Waals surface area contributed by atoms with Crippen LogP contribution in [0.2, 0.25) is 5.02 Å². The maximum absolute atomic E-state index is 11.5. The topological polar surface area (TPSA) is 74.1 Å². The van der Waals surface area contributed by atoms with E-state index in [2.05, 4.69) is 14.9 Å². The van der Waals surface area contributed by atoms with E-state index >= 15 is 0 Å². The van der Waals surface area contributed by atoms with Gasteiger partial charge in [0.25, 0.3) is 0 Å². The molecule has 1 heterocycles. The molecule has 20 heavy (non-hydrogen) atoms. The molecule has 1 aromatic heterocycles. The normalized spacial score (nSPS) is 12.2. The molecule has 8 heteroatoms. The second-order valence-electron chi connectivity index (χ2n) is 3.99. The number of methoxy groups -OCH3 is 1. The quantitative estimate of drug-likeness (QED) is 0.800. The zero-order valence-electron chi connectivity index (χ0n) is 10.9. The van der Waals surface area contributed by atoms with Crippen molar-refractivity contribution >= 4 is 28.4 Å². The molecule has 2 rings (SSSR count). The minimum absolute atomic E-state index is 0.325. The SMILES string of the molecule is COC(=O)c1ccc(Cl)c(Cn2cnnc2[S@@](C)=O)c1. The van der Waals surface area contributed by atoms with Crippen LogP contribution < -0.4 is 0 Å². The van der Waals surface area contributed by atoms with Gasteiger partial charge in [-0.2, -0.15) is 0 Å². The molecule has 0 fully saturated rings. The third kappa shape index (κ3) is 3.05. The summed E-state index contributed by atoms with van der Waals surface area (Å²) in [7, 11) is 0.0635. The molecular formula is C12H12ClN3O3S. The molecule has 106 valence electrons. The minimum Gasteiger partial charge on any atom is -0.465 e. The average Bonchev–Trinajstić information content (AvgIpc) is 2.88. The van der Waals surface area contributed by atoms with Crippen molar-refractivity contribution in [1.82, 2.24) is 14.8 Å². The Morgan fingerprint density at radius 2 is 2.25 bits per heavy atom. The zero-order chi connectivity index (χ0) is 14.7. The van der Waals surface area contributed by atoms with Crippen LogP contribution in [0, 0.1) is 0 Å². The first kappa shape index (κ1) is 14.7. The van der Waals surface area contributed by atoms with Crippen LogP contribution in [0.1, 0.15) is 15.9 Å². The average molecular weight is 314 g/mol. The molecule has 0 unspecified atom stereocenters. The number of hydrogen-bond acceptors (Lipinski definition) is 5. The van der Waals surface area contributed by atoms with Crippen molar-refractivity contribution in [2.45, 2.75) is 11.7 Å². The smallest absolute Gasteiger partial charge is 0.337 e. The molecule has 0 saturated carbocycles. The number of carbonyl (C=O) groups excluding carboxylic acids is 1. The van der Waals surface area contributed by atoms with Gasteiger partial charge in [-0.3, -0.25) is 4.21 Å². The molecule has 1 aromatic carbocycles. The molecule has 0 radical (unpaired) electrons. The summed E-state index contributed by atoms with van der Waals surface area (Å²) in [6, 6.07) is 4.84. The van der Waals surface area contributed by atoms with Gasteiger partial charge in [-0.1, -0.05) is 11.6 Å². The van der Waals surface area contributed by atoms with Crippen molar-refractivity contribution in [1.29, 1.82) is 0 Å². The highest BCUT2D eigenvalue weighted by Gasteiger charge is 2.13. The van der Waals surface area contributed by atoms with Crippen LogP contribution in [0.15, 0.2) is 29.7 Å². The molecule has 0 aliphatic carbocycles. The zero-order valence-corrected chi connectivity index (χ0v) is 12.4. The molecule has 0 N–H and O–H groups in total. The van der Waals surface area contributed by atoms with Gasteiger partial charge >= 0.3 is 5.97 Å². The van der Waals surface area contributed by atoms with E-state index in [0.29, 0.717) is 27.9 Å². The number of halogens is 1. The monoisotopic (exact) mass is 313 g/mol. The van der Waals surface area contributed by atoms with E-state index in [1.165, 1.54) is 19.7 Å². The van der Waals surface area contributed by atoms with E-state index < -0.39 is 16.8 Å². The Bertz CT molecular complexity index is 672. The predicted molar refractivity (Wildman–Crippen MR) is 74.2 cm³/mol. The van der Waals surface area contributed by atoms with Gasteiger partial charge in [0.1, 0.15) is 6.33 Å². The molecule has 6 nitrogen and oxygen atoms in total. The van der Waals surface area contributed by atoms with Crippen LogP contribution >= 0.6 is 11.6 Å². The van der Waals surface area contributed by atoms with Crippen molar-refractivity contribution in [3.63, 3.8) is 0 Å². The van der Waals surface area contributed by atoms with Crippen molar-refractivity contribution in [2.24, 2.45) is 0 Å². The van der Waals surface area contributed by atoms with Crippen molar-refractivity contribution < 1.29 is 13.7 Å². The lowest BCUT2D eigenvalue weighted by atomic mass is 10.1. The van der Waals surface area contributed by atoms with Gasteiger partial charge in [-0.25, -0.2) is 4.79 Å². The number of carbonyl (C=O) groups is 1. The predicted octanol–water partition coefficient (Wildman–Crippen LogP) is 1.50. The lowest BCUT2D eigenvalue weighted by Gasteiger charge is -2.08. The van der Waals surface area contributed by atoms with Gasteiger partial charge in [0, 0.05) is 11.3 Å². The maximum Gasteiger partial charge on any atom is 0.337 e. The van der Waals surface area contributed by atoms with Gasteiger partial charge < -0.3 is 9.30 Å². The minimum atomic E-state index is -1.25. The van der Waals surface area contributed by atoms with E-state index in [0.717, 1.165) is 0 Å². The third-order valence-corrected chi connectivity index (χ3v) is 3.84. The molecule has 2 aromatic rings. The van der Waals surface area contributed by atoms with Crippen LogP contribution in [-0.2, 0) is 22.1 Å². The first-order valence-corrected chi connectivity index (χ1v) is 7.54. The van der Waals surface area contributed by atoms with Gasteiger partial charge in [-0.15, -0.1) is 10.2 Å². The lowest BCUT2D eigenvalue weighted by molar-refractivity contribution is 0.0600. The number of hydrogen-bond donors (Lipinski definition) is 0. The first-order chi connectivity index (χ1) is 9.52. The summed E-state index contributed by atoms with van der Waals surface area (Å²) in [5, 5.41) is 8.37. The van der Waals surface area contributed by atoms with Gasteiger partial charge in [0.15, 0.2) is 0 Å². The highest BCUT2D eigenvalue weighted by molar-refractivity contribution is 7.84. The van der Waals surface area contributed by atoms with Gasteiger partial charge in [0.2, 0.25) is 5.16 Å². The number of nitrogens with zero attached hydrogens (tertiary/aromatic N) is 3. The van der Waals surface area contributed by atoms with E-state index in [1.54, 1.807) is 22.8 Å². The van der Waals surface area contributed by atoms with Gasteiger partial charge in [-0.05, 0) is 23.8 Å². The number of aromatic nitrogens is 3. The van der Waals surface area contributed by atoms with Crippen LogP contribution in [0.25, 0.3) is 0 Å². The van der Waals surface area contributed by atoms with Crippen molar-refractivity contribution in [3.8, 4) is 0 Å². The summed E-state index contributed by atoms with van der Waals surface area (Å²) in [5.74, 6) is -0.439. The van der Waals surface area contributed by atoms with E-state index in [1.807, 2.05) is 0 Å². The molecular weight excluding hydrogens is 302 g/mol. The molecule has 0 amide bonds. The van der Waals surface area contributed by atoms with Crippen LogP contribution in [0.3, 0.4) is 0 Å². The molecule has 1 atom stereocenters. The van der Waals surface area contributed by atoms with Crippen LogP contribution in [0.4, 0.5) is 0 Å². The van der Waals surface area contributed by atoms with E-state index in [9.17, 15) is 9.00 Å². The second kappa shape index (κ2) is 6.15. The lowest BCUT2D eigenvalue weighted by Crippen LogP contribution is -2.07. The largest absolute Gasteiger partial charge is 0.465 e. The highest BCUT2D eigenvalue weighted by atomic mass is 35.5. The Morgan fingerprint density at radius 3 is 2.90 bits per heavy atom. The second-order valence-corrected chi connectivity index (χ2v) is 5.67. The molecule has 0 aliphatic heterocycles. The fraction of sp³-hybridized carbons (Fsp3) is 0.250. The Kier molecular flexibility index (Phi) is 4.51. The first-order valence-electron chi connectivity index (χ1n) is 5.61. The van der Waals surface area contributed by atoms with E-state index in [-0.39, 0.29) is 0 Å². The summed E-state index contributed by atoms with van der Waals surface area (Å²) in [6.07, 6.45) is 2.99.